The van der Waals surface area contributed by atoms with Crippen molar-refractivity contribution in [3.05, 3.63) is 113 Å². The van der Waals surface area contributed by atoms with Crippen LogP contribution < -0.4 is 10.9 Å². The molecule has 0 spiro atoms. The van der Waals surface area contributed by atoms with E-state index >= 15 is 0 Å². The number of hydrogen-bond donors (Lipinski definition) is 1. The van der Waals surface area contributed by atoms with Crippen LogP contribution in [0.5, 0.6) is 0 Å². The van der Waals surface area contributed by atoms with Crippen molar-refractivity contribution in [3.63, 3.8) is 0 Å². The van der Waals surface area contributed by atoms with Gasteiger partial charge in [0.25, 0.3) is 15.6 Å². The lowest BCUT2D eigenvalue weighted by molar-refractivity contribution is 0.588. The van der Waals surface area contributed by atoms with Gasteiger partial charge in [-0.1, -0.05) is 55.0 Å². The van der Waals surface area contributed by atoms with Crippen molar-refractivity contribution < 1.29 is 16.8 Å². The van der Waals surface area contributed by atoms with Crippen molar-refractivity contribution in [2.24, 2.45) is 7.05 Å². The minimum atomic E-state index is -4.09. The normalized spacial score (nSPS) is 12.9. The summed E-state index contributed by atoms with van der Waals surface area (Å²) in [5.41, 5.74) is 3.14. The smallest absolute Gasteiger partial charge is 0.275 e. The fraction of sp³-hybridized carbons (Fsp3) is 0.194. The van der Waals surface area contributed by atoms with Crippen LogP contribution in [0.2, 0.25) is 0 Å². The Morgan fingerprint density at radius 2 is 1.51 bits per heavy atom. The van der Waals surface area contributed by atoms with Crippen LogP contribution in [0.25, 0.3) is 22.0 Å². The van der Waals surface area contributed by atoms with E-state index in [0.717, 1.165) is 15.1 Å². The van der Waals surface area contributed by atoms with Crippen LogP contribution in [0.4, 0.5) is 5.69 Å². The molecule has 5 rings (SSSR count). The molecule has 41 heavy (non-hydrogen) atoms. The lowest BCUT2D eigenvalue weighted by atomic mass is 10.0. The number of aromatic nitrogens is 2. The van der Waals surface area contributed by atoms with E-state index in [1.54, 1.807) is 56.6 Å². The fourth-order valence-electron chi connectivity index (χ4n) is 4.86. The Hall–Kier alpha value is -4.15. The number of nitrogens with one attached hydrogen (secondary N) is 1. The molecule has 0 saturated carbocycles. The molecular formula is C31H31N3O5S2. The van der Waals surface area contributed by atoms with E-state index in [4.69, 9.17) is 0 Å². The molecule has 1 atom stereocenters. The number of pyridine rings is 1. The van der Waals surface area contributed by atoms with Gasteiger partial charge in [0, 0.05) is 47.7 Å². The van der Waals surface area contributed by atoms with Crippen LogP contribution >= 0.6 is 0 Å². The van der Waals surface area contributed by atoms with Crippen molar-refractivity contribution >= 4 is 36.5 Å². The molecule has 0 saturated heterocycles. The van der Waals surface area contributed by atoms with E-state index in [1.165, 1.54) is 22.9 Å². The lowest BCUT2D eigenvalue weighted by Gasteiger charge is -2.20. The summed E-state index contributed by atoms with van der Waals surface area (Å²) in [7, 11) is -6.09. The number of sulfone groups is 1. The second kappa shape index (κ2) is 10.7. The van der Waals surface area contributed by atoms with Gasteiger partial charge in [0.2, 0.25) is 0 Å². The summed E-state index contributed by atoms with van der Waals surface area (Å²) >= 11 is 0. The largest absolute Gasteiger partial charge is 0.378 e. The van der Waals surface area contributed by atoms with Gasteiger partial charge in [0.15, 0.2) is 9.84 Å². The van der Waals surface area contributed by atoms with Gasteiger partial charge >= 0.3 is 0 Å². The number of aryl methyl sites for hydroxylation is 2. The molecule has 2 aromatic heterocycles. The van der Waals surface area contributed by atoms with Crippen LogP contribution in [0.3, 0.4) is 0 Å². The monoisotopic (exact) mass is 589 g/mol. The first-order chi connectivity index (χ1) is 19.4. The molecule has 5 aromatic rings. The molecule has 0 fully saturated rings. The zero-order chi connectivity index (χ0) is 29.5. The van der Waals surface area contributed by atoms with Gasteiger partial charge in [0.1, 0.15) is 5.52 Å². The third kappa shape index (κ3) is 5.20. The average Bonchev–Trinajstić information content (AvgIpc) is 3.42. The zero-order valence-corrected chi connectivity index (χ0v) is 24.8. The summed E-state index contributed by atoms with van der Waals surface area (Å²) < 4.78 is 55.4. The lowest BCUT2D eigenvalue weighted by Crippen LogP contribution is -2.22. The molecule has 2 heterocycles. The quantitative estimate of drug-likeness (QED) is 0.256. The minimum absolute atomic E-state index is 0.0172. The Labute approximate surface area is 239 Å². The Balaban J connectivity index is 1.76. The molecular weight excluding hydrogens is 558 g/mol. The van der Waals surface area contributed by atoms with Crippen LogP contribution in [-0.4, -0.2) is 31.1 Å². The number of nitrogens with zero attached hydrogens (tertiary/aromatic N) is 2. The standard InChI is InChI=1S/C31H31N3O5S2/c1-5-40(36,37)25-15-16-29(32-22(3)23-9-7-6-8-10-23)27(19-25)28-20-33(4)31(35)30-26(28)17-18-34(30)41(38,39)24-13-11-21(2)12-14-24/h6-20,22,32H,5H2,1-4H3. The number of hydrogen-bond acceptors (Lipinski definition) is 6. The van der Waals surface area contributed by atoms with E-state index in [1.807, 2.05) is 44.2 Å². The van der Waals surface area contributed by atoms with Crippen molar-refractivity contribution in [3.8, 4) is 11.1 Å². The Morgan fingerprint density at radius 3 is 2.17 bits per heavy atom. The highest BCUT2D eigenvalue weighted by Gasteiger charge is 2.25. The van der Waals surface area contributed by atoms with Gasteiger partial charge < -0.3 is 9.88 Å². The van der Waals surface area contributed by atoms with Crippen LogP contribution in [0.1, 0.15) is 31.0 Å². The Morgan fingerprint density at radius 1 is 0.854 bits per heavy atom. The molecule has 8 nitrogen and oxygen atoms in total. The first-order valence-corrected chi connectivity index (χ1v) is 16.2. The van der Waals surface area contributed by atoms with Crippen LogP contribution in [0.15, 0.2) is 106 Å². The summed E-state index contributed by atoms with van der Waals surface area (Å²) in [6, 6.07) is 22.6. The third-order valence-electron chi connectivity index (χ3n) is 7.26. The first kappa shape index (κ1) is 28.4. The predicted octanol–water partition coefficient (Wildman–Crippen LogP) is 5.52. The molecule has 10 heteroatoms. The summed E-state index contributed by atoms with van der Waals surface area (Å²) in [6.07, 6.45) is 2.99. The predicted molar refractivity (Wildman–Crippen MR) is 163 cm³/mol. The highest BCUT2D eigenvalue weighted by atomic mass is 32.2. The second-order valence-electron chi connectivity index (χ2n) is 10.0. The first-order valence-electron chi connectivity index (χ1n) is 13.2. The highest BCUT2D eigenvalue weighted by molar-refractivity contribution is 7.91. The van der Waals surface area contributed by atoms with Gasteiger partial charge in [0.05, 0.1) is 15.5 Å². The van der Waals surface area contributed by atoms with E-state index in [-0.39, 0.29) is 27.1 Å². The topological polar surface area (TPSA) is 107 Å². The second-order valence-corrected chi connectivity index (χ2v) is 14.1. The maximum Gasteiger partial charge on any atom is 0.275 e. The molecule has 0 bridgehead atoms. The van der Waals surface area contributed by atoms with E-state index < -0.39 is 25.4 Å². The van der Waals surface area contributed by atoms with Gasteiger partial charge in [-0.3, -0.25) is 4.79 Å². The summed E-state index contributed by atoms with van der Waals surface area (Å²) in [4.78, 5) is 13.6. The van der Waals surface area contributed by atoms with Gasteiger partial charge in [-0.05, 0) is 55.8 Å². The molecule has 0 aliphatic carbocycles. The SMILES string of the molecule is CCS(=O)(=O)c1ccc(NC(C)c2ccccc2)c(-c2cn(C)c(=O)c3c2ccn3S(=O)(=O)c2ccc(C)cc2)c1. The minimum Gasteiger partial charge on any atom is -0.378 e. The molecule has 3 aromatic carbocycles. The molecule has 0 aliphatic rings. The zero-order valence-electron chi connectivity index (χ0n) is 23.2. The third-order valence-corrected chi connectivity index (χ3v) is 10.7. The highest BCUT2D eigenvalue weighted by Crippen LogP contribution is 2.37. The molecule has 0 aliphatic heterocycles. The summed E-state index contributed by atoms with van der Waals surface area (Å²) in [5, 5.41) is 3.88. The number of rotatable bonds is 8. The van der Waals surface area contributed by atoms with E-state index in [2.05, 4.69) is 5.32 Å². The van der Waals surface area contributed by atoms with Crippen molar-refractivity contribution in [2.75, 3.05) is 11.1 Å². The van der Waals surface area contributed by atoms with Crippen molar-refractivity contribution in [2.45, 2.75) is 36.6 Å². The molecule has 1 unspecified atom stereocenters. The van der Waals surface area contributed by atoms with Crippen LogP contribution in [-0.2, 0) is 26.9 Å². The van der Waals surface area contributed by atoms with Crippen molar-refractivity contribution in [1.82, 2.24) is 8.54 Å². The maximum atomic E-state index is 13.6. The van der Waals surface area contributed by atoms with Gasteiger partial charge in [-0.15, -0.1) is 0 Å². The Bertz CT molecular complexity index is 2030. The number of fused-ring (bicyclic) bond motifs is 1. The van der Waals surface area contributed by atoms with Crippen molar-refractivity contribution in [1.29, 1.82) is 0 Å². The molecule has 1 N–H and O–H groups in total. The molecule has 0 radical (unpaired) electrons. The Kier molecular flexibility index (Phi) is 7.39. The number of benzene rings is 3. The van der Waals surface area contributed by atoms with Gasteiger partial charge in [-0.25, -0.2) is 20.8 Å². The molecule has 212 valence electrons. The van der Waals surface area contributed by atoms with Crippen LogP contribution in [0, 0.1) is 6.92 Å². The number of anilines is 1. The summed E-state index contributed by atoms with van der Waals surface area (Å²) in [5.74, 6) is -0.0759. The summed E-state index contributed by atoms with van der Waals surface area (Å²) in [6.45, 7) is 5.44. The average molecular weight is 590 g/mol. The van der Waals surface area contributed by atoms with Gasteiger partial charge in [-0.2, -0.15) is 0 Å². The molecule has 0 amide bonds. The van der Waals surface area contributed by atoms with E-state index in [9.17, 15) is 21.6 Å². The fourth-order valence-corrected chi connectivity index (χ4v) is 7.11. The van der Waals surface area contributed by atoms with E-state index in [0.29, 0.717) is 22.2 Å². The maximum absolute atomic E-state index is 13.6.